The van der Waals surface area contributed by atoms with Crippen LogP contribution in [0, 0.1) is 0 Å². The van der Waals surface area contributed by atoms with E-state index in [1.807, 2.05) is 83.9 Å². The van der Waals surface area contributed by atoms with Crippen molar-refractivity contribution in [2.24, 2.45) is 5.10 Å². The van der Waals surface area contributed by atoms with Gasteiger partial charge in [-0.15, -0.1) is 0 Å². The molecule has 126 valence electrons. The SMILES string of the molecule is O=C1c2ccccc2N2N=C(c3cccc(Cl)c3)CC12c1ccccc1. The summed E-state index contributed by atoms with van der Waals surface area (Å²) >= 11 is 6.17. The first-order valence-electron chi connectivity index (χ1n) is 8.53. The van der Waals surface area contributed by atoms with E-state index < -0.39 is 5.54 Å². The van der Waals surface area contributed by atoms with Gasteiger partial charge in [0.15, 0.2) is 11.3 Å². The molecular weight excluding hydrogens is 344 g/mol. The molecule has 0 aromatic heterocycles. The van der Waals surface area contributed by atoms with Crippen LogP contribution in [-0.2, 0) is 5.54 Å². The van der Waals surface area contributed by atoms with Crippen LogP contribution < -0.4 is 5.01 Å². The molecule has 5 rings (SSSR count). The summed E-state index contributed by atoms with van der Waals surface area (Å²) in [6.45, 7) is 0. The van der Waals surface area contributed by atoms with E-state index in [2.05, 4.69) is 0 Å². The lowest BCUT2D eigenvalue weighted by Gasteiger charge is -2.30. The molecule has 0 radical (unpaired) electrons. The number of carbonyl (C=O) groups excluding carboxylic acids is 1. The van der Waals surface area contributed by atoms with Crippen LogP contribution in [0.3, 0.4) is 0 Å². The minimum absolute atomic E-state index is 0.0973. The van der Waals surface area contributed by atoms with E-state index in [4.69, 9.17) is 16.7 Å². The summed E-state index contributed by atoms with van der Waals surface area (Å²) in [4.78, 5) is 13.5. The lowest BCUT2D eigenvalue weighted by molar-refractivity contribution is 0.0908. The third-order valence-corrected chi connectivity index (χ3v) is 5.40. The Labute approximate surface area is 156 Å². The van der Waals surface area contributed by atoms with Crippen LogP contribution in [0.15, 0.2) is 84.0 Å². The number of para-hydroxylation sites is 1. The van der Waals surface area contributed by atoms with Gasteiger partial charge >= 0.3 is 0 Å². The van der Waals surface area contributed by atoms with E-state index in [1.54, 1.807) is 0 Å². The van der Waals surface area contributed by atoms with E-state index in [0.717, 1.165) is 28.1 Å². The monoisotopic (exact) mass is 358 g/mol. The normalized spacial score (nSPS) is 20.7. The summed E-state index contributed by atoms with van der Waals surface area (Å²) in [7, 11) is 0. The molecule has 26 heavy (non-hydrogen) atoms. The molecule has 3 nitrogen and oxygen atoms in total. The molecule has 3 aromatic rings. The Bertz CT molecular complexity index is 1060. The largest absolute Gasteiger partial charge is 0.291 e. The van der Waals surface area contributed by atoms with Crippen LogP contribution in [0.1, 0.15) is 27.9 Å². The summed E-state index contributed by atoms with van der Waals surface area (Å²) in [5.74, 6) is 0.0973. The maximum absolute atomic E-state index is 13.5. The predicted octanol–water partition coefficient (Wildman–Crippen LogP) is 5.05. The first-order chi connectivity index (χ1) is 12.7. The number of hydrazone groups is 1. The summed E-state index contributed by atoms with van der Waals surface area (Å²) in [6.07, 6.45) is 0.519. The molecule has 0 saturated carbocycles. The molecule has 0 bridgehead atoms. The van der Waals surface area contributed by atoms with Gasteiger partial charge < -0.3 is 0 Å². The van der Waals surface area contributed by atoms with Gasteiger partial charge in [0, 0.05) is 17.0 Å². The lowest BCUT2D eigenvalue weighted by atomic mass is 9.81. The summed E-state index contributed by atoms with van der Waals surface area (Å²) in [5.41, 5.74) is 3.56. The molecule has 2 aliphatic rings. The van der Waals surface area contributed by atoms with Gasteiger partial charge in [-0.05, 0) is 35.4 Å². The number of rotatable bonds is 2. The second-order valence-electron chi connectivity index (χ2n) is 6.62. The first-order valence-corrected chi connectivity index (χ1v) is 8.91. The second-order valence-corrected chi connectivity index (χ2v) is 7.05. The summed E-state index contributed by atoms with van der Waals surface area (Å²) in [5, 5.41) is 7.44. The summed E-state index contributed by atoms with van der Waals surface area (Å²) in [6, 6.07) is 25.2. The predicted molar refractivity (Wildman–Crippen MR) is 104 cm³/mol. The molecule has 1 unspecified atom stereocenters. The Kier molecular flexibility index (Phi) is 3.28. The fraction of sp³-hybridized carbons (Fsp3) is 0.0909. The van der Waals surface area contributed by atoms with Gasteiger partial charge in [-0.3, -0.25) is 4.79 Å². The number of halogens is 1. The highest BCUT2D eigenvalue weighted by atomic mass is 35.5. The standard InChI is InChI=1S/C22H15ClN2O/c23-17-10-6-7-15(13-17)19-14-22(16-8-2-1-3-9-16)21(26)18-11-4-5-12-20(18)25(22)24-19/h1-13H,14H2. The minimum atomic E-state index is -0.817. The van der Waals surface area contributed by atoms with Crippen LogP contribution in [0.25, 0.3) is 0 Å². The second kappa shape index (κ2) is 5.55. The van der Waals surface area contributed by atoms with E-state index in [9.17, 15) is 4.79 Å². The molecule has 2 aliphatic heterocycles. The number of benzene rings is 3. The van der Waals surface area contributed by atoms with Gasteiger partial charge in [-0.2, -0.15) is 5.10 Å². The van der Waals surface area contributed by atoms with Crippen molar-refractivity contribution in [2.75, 3.05) is 5.01 Å². The van der Waals surface area contributed by atoms with Crippen molar-refractivity contribution >= 4 is 28.8 Å². The third-order valence-electron chi connectivity index (χ3n) is 5.17. The zero-order valence-corrected chi connectivity index (χ0v) is 14.6. The van der Waals surface area contributed by atoms with Crippen LogP contribution in [0.2, 0.25) is 5.02 Å². The van der Waals surface area contributed by atoms with Crippen molar-refractivity contribution in [2.45, 2.75) is 12.0 Å². The number of ketones is 1. The Morgan fingerprint density at radius 3 is 2.50 bits per heavy atom. The van der Waals surface area contributed by atoms with E-state index in [-0.39, 0.29) is 5.78 Å². The highest BCUT2D eigenvalue weighted by Crippen LogP contribution is 2.51. The molecule has 1 atom stereocenters. The minimum Gasteiger partial charge on any atom is -0.291 e. The van der Waals surface area contributed by atoms with Crippen molar-refractivity contribution in [3.63, 3.8) is 0 Å². The molecule has 0 spiro atoms. The Balaban J connectivity index is 1.72. The Morgan fingerprint density at radius 1 is 0.923 bits per heavy atom. The number of hydrogen-bond donors (Lipinski definition) is 0. The number of nitrogens with zero attached hydrogens (tertiary/aromatic N) is 2. The van der Waals surface area contributed by atoms with E-state index in [0.29, 0.717) is 11.4 Å². The molecule has 4 heteroatoms. The molecule has 2 heterocycles. The average molecular weight is 359 g/mol. The van der Waals surface area contributed by atoms with Gasteiger partial charge in [0.2, 0.25) is 0 Å². The molecule has 0 saturated heterocycles. The van der Waals surface area contributed by atoms with Gasteiger partial charge in [0.1, 0.15) is 0 Å². The van der Waals surface area contributed by atoms with E-state index >= 15 is 0 Å². The van der Waals surface area contributed by atoms with Crippen molar-refractivity contribution in [1.82, 2.24) is 0 Å². The van der Waals surface area contributed by atoms with Gasteiger partial charge in [0.05, 0.1) is 11.4 Å². The fourth-order valence-electron chi connectivity index (χ4n) is 3.96. The average Bonchev–Trinajstić information content (AvgIpc) is 3.19. The van der Waals surface area contributed by atoms with Crippen molar-refractivity contribution in [1.29, 1.82) is 0 Å². The molecule has 0 N–H and O–H groups in total. The van der Waals surface area contributed by atoms with Crippen LogP contribution in [0.4, 0.5) is 5.69 Å². The smallest absolute Gasteiger partial charge is 0.197 e. The highest BCUT2D eigenvalue weighted by Gasteiger charge is 2.56. The quantitative estimate of drug-likeness (QED) is 0.642. The van der Waals surface area contributed by atoms with Crippen LogP contribution in [-0.4, -0.2) is 11.5 Å². The van der Waals surface area contributed by atoms with Crippen LogP contribution >= 0.6 is 11.6 Å². The van der Waals surface area contributed by atoms with Crippen LogP contribution in [0.5, 0.6) is 0 Å². The zero-order valence-electron chi connectivity index (χ0n) is 13.9. The molecule has 3 aromatic carbocycles. The highest BCUT2D eigenvalue weighted by molar-refractivity contribution is 6.31. The van der Waals surface area contributed by atoms with Gasteiger partial charge in [0.25, 0.3) is 0 Å². The summed E-state index contributed by atoms with van der Waals surface area (Å²) < 4.78 is 0. The number of carbonyl (C=O) groups is 1. The Hall–Kier alpha value is -2.91. The topological polar surface area (TPSA) is 32.7 Å². The first kappa shape index (κ1) is 15.4. The third kappa shape index (κ3) is 2.01. The number of fused-ring (bicyclic) bond motifs is 3. The van der Waals surface area contributed by atoms with Crippen molar-refractivity contribution in [3.05, 3.63) is 101 Å². The maximum Gasteiger partial charge on any atom is 0.197 e. The van der Waals surface area contributed by atoms with Gasteiger partial charge in [-0.1, -0.05) is 66.2 Å². The van der Waals surface area contributed by atoms with Crippen molar-refractivity contribution < 1.29 is 4.79 Å². The molecule has 0 amide bonds. The van der Waals surface area contributed by atoms with Gasteiger partial charge in [-0.25, -0.2) is 5.01 Å². The Morgan fingerprint density at radius 2 is 1.69 bits per heavy atom. The maximum atomic E-state index is 13.5. The zero-order chi connectivity index (χ0) is 17.7. The van der Waals surface area contributed by atoms with E-state index in [1.165, 1.54) is 0 Å². The lowest BCUT2D eigenvalue weighted by Crippen LogP contribution is -2.42. The molecule has 0 aliphatic carbocycles. The fourth-order valence-corrected chi connectivity index (χ4v) is 4.16. The number of Topliss-reactive ketones (excluding diaryl/α,β-unsaturated/α-hetero) is 1. The number of hydrogen-bond acceptors (Lipinski definition) is 3. The molecule has 0 fully saturated rings. The molecular formula is C22H15ClN2O. The number of anilines is 1. The van der Waals surface area contributed by atoms with Crippen molar-refractivity contribution in [3.8, 4) is 0 Å².